The average molecular weight is 228 g/mol. The van der Waals surface area contributed by atoms with Crippen molar-refractivity contribution in [3.63, 3.8) is 0 Å². The second-order valence-corrected chi connectivity index (χ2v) is 2.04. The first-order valence-electron chi connectivity index (χ1n) is 2.31. The maximum absolute atomic E-state index is 2.00. The van der Waals surface area contributed by atoms with E-state index in [9.17, 15) is 0 Å². The van der Waals surface area contributed by atoms with Gasteiger partial charge in [0.05, 0.1) is 28.2 Å². The molecule has 0 saturated heterocycles. The van der Waals surface area contributed by atoms with E-state index in [1.807, 2.05) is 44.0 Å². The Hall–Kier alpha value is 0.200. The van der Waals surface area contributed by atoms with Crippen molar-refractivity contribution in [3.8, 4) is 0 Å². The summed E-state index contributed by atoms with van der Waals surface area (Å²) in [6.45, 7) is 0. The van der Waals surface area contributed by atoms with Crippen LogP contribution in [0, 0.1) is 0 Å². The molecule has 0 aliphatic carbocycles. The highest BCUT2D eigenvalue weighted by Gasteiger charge is 1.82. The van der Waals surface area contributed by atoms with Crippen molar-refractivity contribution in [2.75, 3.05) is 28.2 Å². The molecule has 0 rings (SSSR count). The van der Waals surface area contributed by atoms with Crippen LogP contribution < -0.4 is 24.0 Å². The molecule has 0 aliphatic rings. The van der Waals surface area contributed by atoms with Crippen molar-refractivity contribution >= 4 is 6.34 Å². The highest BCUT2D eigenvalue weighted by molar-refractivity contribution is 5.47. The summed E-state index contributed by atoms with van der Waals surface area (Å²) in [4.78, 5) is 2.00. The first-order chi connectivity index (χ1) is 3.13. The normalized spacial score (nSPS) is 7.00. The van der Waals surface area contributed by atoms with Crippen LogP contribution in [-0.2, 0) is 0 Å². The summed E-state index contributed by atoms with van der Waals surface area (Å²) in [5.74, 6) is 0. The zero-order chi connectivity index (χ0) is 5.86. The van der Waals surface area contributed by atoms with Crippen molar-refractivity contribution in [2.45, 2.75) is 0 Å². The Kier molecular flexibility index (Phi) is 7.38. The molecule has 0 atom stereocenters. The Morgan fingerprint density at radius 3 is 1.62 bits per heavy atom. The van der Waals surface area contributed by atoms with E-state index in [2.05, 4.69) is 0 Å². The number of hydrogen-bond donors (Lipinski definition) is 0. The van der Waals surface area contributed by atoms with E-state index in [-0.39, 0.29) is 24.0 Å². The molecule has 0 aromatic heterocycles. The monoisotopic (exact) mass is 228 g/mol. The molecular weight excluding hydrogens is 215 g/mol. The van der Waals surface area contributed by atoms with Crippen molar-refractivity contribution in [3.05, 3.63) is 0 Å². The van der Waals surface area contributed by atoms with Gasteiger partial charge in [0.15, 0.2) is 0 Å². The molecule has 0 radical (unpaired) electrons. The predicted octanol–water partition coefficient (Wildman–Crippen LogP) is -3.15. The largest absolute Gasteiger partial charge is 1.00 e. The molecule has 0 fully saturated rings. The predicted molar refractivity (Wildman–Crippen MR) is 31.9 cm³/mol. The molecule has 0 unspecified atom stereocenters. The highest BCUT2D eigenvalue weighted by atomic mass is 127. The molecule has 0 amide bonds. The van der Waals surface area contributed by atoms with Gasteiger partial charge < -0.3 is 24.0 Å². The van der Waals surface area contributed by atoms with Gasteiger partial charge in [-0.3, -0.25) is 9.48 Å². The van der Waals surface area contributed by atoms with E-state index in [4.69, 9.17) is 0 Å². The van der Waals surface area contributed by atoms with Crippen LogP contribution in [0.1, 0.15) is 0 Å². The van der Waals surface area contributed by atoms with Gasteiger partial charge in [-0.1, -0.05) is 0 Å². The minimum Gasteiger partial charge on any atom is -1.00 e. The molecule has 0 aromatic rings. The molecule has 8 heavy (non-hydrogen) atoms. The lowest BCUT2D eigenvalue weighted by atomic mass is 10.9. The molecule has 2 nitrogen and oxygen atoms in total. The van der Waals surface area contributed by atoms with E-state index in [1.54, 1.807) is 0 Å². The van der Waals surface area contributed by atoms with Gasteiger partial charge in [0, 0.05) is 0 Å². The molecule has 0 bridgehead atoms. The first-order valence-corrected chi connectivity index (χ1v) is 2.31. The third kappa shape index (κ3) is 9.50. The van der Waals surface area contributed by atoms with Crippen LogP contribution in [0.15, 0.2) is 0 Å². The Labute approximate surface area is 68.2 Å². The first kappa shape index (κ1) is 11.1. The SMILES string of the molecule is CN(C)C=[N+](C)C.[I-]. The third-order valence-electron chi connectivity index (χ3n) is 0.462. The zero-order valence-electron chi connectivity index (χ0n) is 5.85. The summed E-state index contributed by atoms with van der Waals surface area (Å²) < 4.78 is 2.00. The minimum absolute atomic E-state index is 0. The van der Waals surface area contributed by atoms with Crippen LogP contribution in [-0.4, -0.2) is 44.0 Å². The van der Waals surface area contributed by atoms with Crippen molar-refractivity contribution < 1.29 is 28.6 Å². The van der Waals surface area contributed by atoms with Gasteiger partial charge in [-0.05, 0) is 0 Å². The standard InChI is InChI=1S/C5H13N2.HI/c1-6(2)5-7(3)4;/h5H,1-4H3;1H/q+1;/p-1. The minimum atomic E-state index is 0. The van der Waals surface area contributed by atoms with Crippen LogP contribution in [0.2, 0.25) is 0 Å². The molecule has 0 aliphatic heterocycles. The van der Waals surface area contributed by atoms with Crippen molar-refractivity contribution in [1.82, 2.24) is 4.90 Å². The van der Waals surface area contributed by atoms with Crippen molar-refractivity contribution in [2.24, 2.45) is 0 Å². The molecule has 3 heteroatoms. The second-order valence-electron chi connectivity index (χ2n) is 2.04. The van der Waals surface area contributed by atoms with Crippen molar-refractivity contribution in [1.29, 1.82) is 0 Å². The van der Waals surface area contributed by atoms with Crippen LogP contribution >= 0.6 is 0 Å². The van der Waals surface area contributed by atoms with E-state index in [0.29, 0.717) is 0 Å². The number of hydrogen-bond acceptors (Lipinski definition) is 0. The topological polar surface area (TPSA) is 6.25 Å². The Morgan fingerprint density at radius 1 is 1.25 bits per heavy atom. The molecule has 50 valence electrons. The van der Waals surface area contributed by atoms with Gasteiger partial charge in [-0.2, -0.15) is 0 Å². The molecule has 0 aromatic carbocycles. The molecule has 0 heterocycles. The van der Waals surface area contributed by atoms with Gasteiger partial charge in [-0.15, -0.1) is 0 Å². The Morgan fingerprint density at radius 2 is 1.62 bits per heavy atom. The Bertz CT molecular complexity index is 74.5. The summed E-state index contributed by atoms with van der Waals surface area (Å²) in [5.41, 5.74) is 0. The van der Waals surface area contributed by atoms with Crippen LogP contribution in [0.4, 0.5) is 0 Å². The van der Waals surface area contributed by atoms with Gasteiger partial charge in [0.2, 0.25) is 6.34 Å². The van der Waals surface area contributed by atoms with E-state index in [0.717, 1.165) is 0 Å². The zero-order valence-corrected chi connectivity index (χ0v) is 8.01. The molecule has 0 N–H and O–H groups in total. The van der Waals surface area contributed by atoms with Gasteiger partial charge in [-0.25, -0.2) is 0 Å². The quantitative estimate of drug-likeness (QED) is 0.199. The smallest absolute Gasteiger partial charge is 0.233 e. The van der Waals surface area contributed by atoms with Gasteiger partial charge >= 0.3 is 0 Å². The maximum atomic E-state index is 2.00. The summed E-state index contributed by atoms with van der Waals surface area (Å²) in [5, 5.41) is 0. The second kappa shape index (κ2) is 5.34. The third-order valence-corrected chi connectivity index (χ3v) is 0.462. The fraction of sp³-hybridized carbons (Fsp3) is 0.800. The van der Waals surface area contributed by atoms with E-state index in [1.165, 1.54) is 0 Å². The van der Waals surface area contributed by atoms with Crippen LogP contribution in [0.3, 0.4) is 0 Å². The summed E-state index contributed by atoms with van der Waals surface area (Å²) in [7, 11) is 8.00. The fourth-order valence-electron chi connectivity index (χ4n) is 0.462. The number of rotatable bonds is 1. The maximum Gasteiger partial charge on any atom is 0.233 e. The summed E-state index contributed by atoms with van der Waals surface area (Å²) in [6.07, 6.45) is 2.00. The molecular formula is C5H13IN2. The number of nitrogens with zero attached hydrogens (tertiary/aromatic N) is 2. The lowest BCUT2D eigenvalue weighted by Crippen LogP contribution is -3.00. The number of halogens is 1. The molecule has 0 saturated carbocycles. The lowest BCUT2D eigenvalue weighted by Gasteiger charge is -1.95. The summed E-state index contributed by atoms with van der Waals surface area (Å²) >= 11 is 0. The summed E-state index contributed by atoms with van der Waals surface area (Å²) in [6, 6.07) is 0. The average Bonchev–Trinajstić information content (AvgIpc) is 1.27. The highest BCUT2D eigenvalue weighted by Crippen LogP contribution is 1.59. The fourth-order valence-corrected chi connectivity index (χ4v) is 0.462. The lowest BCUT2D eigenvalue weighted by molar-refractivity contribution is -0.464. The molecule has 0 spiro atoms. The van der Waals surface area contributed by atoms with Crippen LogP contribution in [0.5, 0.6) is 0 Å². The van der Waals surface area contributed by atoms with E-state index >= 15 is 0 Å². The van der Waals surface area contributed by atoms with Gasteiger partial charge in [0.1, 0.15) is 0 Å². The Balaban J connectivity index is 0. The van der Waals surface area contributed by atoms with E-state index < -0.39 is 0 Å². The van der Waals surface area contributed by atoms with Crippen LogP contribution in [0.25, 0.3) is 0 Å². The van der Waals surface area contributed by atoms with Gasteiger partial charge in [0.25, 0.3) is 0 Å².